The highest BCUT2D eigenvalue weighted by Gasteiger charge is 2.33. The highest BCUT2D eigenvalue weighted by Crippen LogP contribution is 2.18. The van der Waals surface area contributed by atoms with Gasteiger partial charge in [0.25, 0.3) is 6.47 Å². The highest BCUT2D eigenvalue weighted by atomic mass is 16.3. The Morgan fingerprint density at radius 3 is 2.91 bits per heavy atom. The van der Waals surface area contributed by atoms with Gasteiger partial charge >= 0.3 is 0 Å². The summed E-state index contributed by atoms with van der Waals surface area (Å²) in [5, 5.41) is 23.5. The van der Waals surface area contributed by atoms with E-state index in [9.17, 15) is 9.90 Å². The molecule has 22 heavy (non-hydrogen) atoms. The van der Waals surface area contributed by atoms with E-state index in [0.29, 0.717) is 19.5 Å². The number of carboxylic acid groups (broad SMARTS) is 1. The zero-order chi connectivity index (χ0) is 16.5. The predicted octanol–water partition coefficient (Wildman–Crippen LogP) is -0.576. The fraction of sp³-hybridized carbons (Fsp3) is 0.643. The number of aliphatic hydroxyl groups is 1. The smallest absolute Gasteiger partial charge is 0.290 e. The molecule has 3 N–H and O–H groups in total. The van der Waals surface area contributed by atoms with Crippen molar-refractivity contribution in [3.8, 4) is 0 Å². The van der Waals surface area contributed by atoms with Gasteiger partial charge in [-0.3, -0.25) is 14.7 Å². The van der Waals surface area contributed by atoms with Crippen molar-refractivity contribution in [2.24, 2.45) is 5.92 Å². The number of likely N-dealkylation sites (tertiary alicyclic amines) is 1. The van der Waals surface area contributed by atoms with Crippen LogP contribution in [0.4, 0.5) is 0 Å². The van der Waals surface area contributed by atoms with Gasteiger partial charge in [-0.1, -0.05) is 0 Å². The van der Waals surface area contributed by atoms with Gasteiger partial charge < -0.3 is 20.0 Å². The van der Waals surface area contributed by atoms with Crippen LogP contribution >= 0.6 is 0 Å². The number of nitrogens with one attached hydrogen (secondary N) is 1. The molecule has 0 radical (unpaired) electrons. The van der Waals surface area contributed by atoms with Crippen LogP contribution in [0, 0.1) is 5.92 Å². The summed E-state index contributed by atoms with van der Waals surface area (Å²) in [6.07, 6.45) is 4.53. The Morgan fingerprint density at radius 1 is 1.64 bits per heavy atom. The molecule has 0 spiro atoms. The maximum absolute atomic E-state index is 12.3. The zero-order valence-corrected chi connectivity index (χ0v) is 13.0. The van der Waals surface area contributed by atoms with Gasteiger partial charge in [0.15, 0.2) is 0 Å². The Bertz CT molecular complexity index is 452. The number of aliphatic hydroxyl groups excluding tert-OH is 1. The lowest BCUT2D eigenvalue weighted by Gasteiger charge is -2.35. The van der Waals surface area contributed by atoms with Crippen LogP contribution in [-0.4, -0.2) is 82.4 Å². The summed E-state index contributed by atoms with van der Waals surface area (Å²) in [6.45, 7) is 1.88. The number of rotatable bonds is 4. The van der Waals surface area contributed by atoms with Crippen molar-refractivity contribution in [1.82, 2.24) is 20.0 Å². The third-order valence-corrected chi connectivity index (χ3v) is 3.76. The number of carbonyl (C=O) groups is 2. The van der Waals surface area contributed by atoms with E-state index in [4.69, 9.17) is 9.90 Å². The molecule has 1 aromatic rings. The molecule has 2 rings (SSSR count). The minimum absolute atomic E-state index is 0.0301. The van der Waals surface area contributed by atoms with Crippen LogP contribution in [0.15, 0.2) is 12.4 Å². The third-order valence-electron chi connectivity index (χ3n) is 3.76. The first-order chi connectivity index (χ1) is 10.5. The van der Waals surface area contributed by atoms with Gasteiger partial charge in [0.05, 0.1) is 18.2 Å². The molecule has 0 aromatic carbocycles. The van der Waals surface area contributed by atoms with Crippen LogP contribution in [0.2, 0.25) is 0 Å². The van der Waals surface area contributed by atoms with E-state index in [0.717, 1.165) is 18.5 Å². The second-order valence-electron chi connectivity index (χ2n) is 5.45. The number of hydrogen-bond donors (Lipinski definition) is 3. The molecule has 8 nitrogen and oxygen atoms in total. The second kappa shape index (κ2) is 9.16. The molecule has 1 saturated heterocycles. The van der Waals surface area contributed by atoms with Crippen LogP contribution < -0.4 is 0 Å². The number of likely N-dealkylation sites (N-methyl/N-ethyl adjacent to an activating group) is 1. The van der Waals surface area contributed by atoms with Crippen molar-refractivity contribution < 1.29 is 19.8 Å². The standard InChI is InChI=1S/C13H22N4O2.CH2O2/c1-16-5-4-12(18)11(9-16)13(19)17(2)6-3-10-7-14-15-8-10;2-1-3/h7-8,11-12,18H,3-6,9H2,1-2H3,(H,14,15);1H,(H,2,3)/t11-,12-;/m1./s1. The number of aromatic amines is 1. The number of piperidine rings is 1. The Labute approximate surface area is 129 Å². The third kappa shape index (κ3) is 5.45. The van der Waals surface area contributed by atoms with E-state index in [1.165, 1.54) is 0 Å². The minimum Gasteiger partial charge on any atom is -0.483 e. The molecule has 1 amide bonds. The molecule has 1 aliphatic heterocycles. The Morgan fingerprint density at radius 2 is 2.32 bits per heavy atom. The first-order valence-electron chi connectivity index (χ1n) is 7.16. The molecule has 8 heteroatoms. The van der Waals surface area contributed by atoms with E-state index in [2.05, 4.69) is 15.1 Å². The van der Waals surface area contributed by atoms with Gasteiger partial charge in [0.1, 0.15) is 0 Å². The van der Waals surface area contributed by atoms with Gasteiger partial charge in [-0.05, 0) is 25.5 Å². The minimum atomic E-state index is -0.514. The molecule has 1 fully saturated rings. The van der Waals surface area contributed by atoms with E-state index in [1.807, 2.05) is 13.2 Å². The average Bonchev–Trinajstić information content (AvgIpc) is 3.00. The van der Waals surface area contributed by atoms with Gasteiger partial charge in [0.2, 0.25) is 5.91 Å². The van der Waals surface area contributed by atoms with Crippen LogP contribution in [0.25, 0.3) is 0 Å². The first kappa shape index (κ1) is 18.1. The fourth-order valence-corrected chi connectivity index (χ4v) is 2.45. The molecule has 1 aliphatic rings. The summed E-state index contributed by atoms with van der Waals surface area (Å²) < 4.78 is 0. The van der Waals surface area contributed by atoms with Gasteiger partial charge in [-0.25, -0.2) is 0 Å². The van der Waals surface area contributed by atoms with Crippen molar-refractivity contribution in [1.29, 1.82) is 0 Å². The number of hydrogen-bond acceptors (Lipinski definition) is 5. The normalized spacial score (nSPS) is 21.6. The number of amides is 1. The molecule has 0 bridgehead atoms. The number of H-pyrrole nitrogens is 1. The molecule has 0 aliphatic carbocycles. The lowest BCUT2D eigenvalue weighted by atomic mass is 9.93. The monoisotopic (exact) mass is 312 g/mol. The lowest BCUT2D eigenvalue weighted by Crippen LogP contribution is -2.49. The zero-order valence-electron chi connectivity index (χ0n) is 13.0. The lowest BCUT2D eigenvalue weighted by molar-refractivity contribution is -0.140. The van der Waals surface area contributed by atoms with Crippen molar-refractivity contribution in [3.05, 3.63) is 18.0 Å². The summed E-state index contributed by atoms with van der Waals surface area (Å²) in [5.41, 5.74) is 1.08. The van der Waals surface area contributed by atoms with E-state index in [1.54, 1.807) is 18.1 Å². The maximum Gasteiger partial charge on any atom is 0.290 e. The van der Waals surface area contributed by atoms with Crippen LogP contribution in [0.5, 0.6) is 0 Å². The number of nitrogens with zero attached hydrogens (tertiary/aromatic N) is 3. The molecule has 2 heterocycles. The Balaban J connectivity index is 0.000000745. The van der Waals surface area contributed by atoms with Crippen molar-refractivity contribution in [3.63, 3.8) is 0 Å². The largest absolute Gasteiger partial charge is 0.483 e. The topological polar surface area (TPSA) is 110 Å². The molecule has 0 unspecified atom stereocenters. The van der Waals surface area contributed by atoms with Crippen LogP contribution in [0.3, 0.4) is 0 Å². The second-order valence-corrected chi connectivity index (χ2v) is 5.45. The predicted molar refractivity (Wildman–Crippen MR) is 80.2 cm³/mol. The Kier molecular flexibility index (Phi) is 7.55. The molecule has 0 saturated carbocycles. The summed E-state index contributed by atoms with van der Waals surface area (Å²) >= 11 is 0. The molecular formula is C14H24N4O4. The van der Waals surface area contributed by atoms with Crippen molar-refractivity contribution >= 4 is 12.4 Å². The first-order valence-corrected chi connectivity index (χ1v) is 7.16. The van der Waals surface area contributed by atoms with E-state index >= 15 is 0 Å². The summed E-state index contributed by atoms with van der Waals surface area (Å²) in [6, 6.07) is 0. The van der Waals surface area contributed by atoms with Crippen LogP contribution in [0.1, 0.15) is 12.0 Å². The quantitative estimate of drug-likeness (QED) is 0.642. The van der Waals surface area contributed by atoms with Gasteiger partial charge in [-0.15, -0.1) is 0 Å². The summed E-state index contributed by atoms with van der Waals surface area (Å²) in [7, 11) is 3.78. The average molecular weight is 312 g/mol. The Hall–Kier alpha value is -1.93. The molecule has 2 atom stereocenters. The SMILES string of the molecule is CN1CC[C@@H](O)[C@H](C(=O)N(C)CCc2cn[nH]c2)C1.O=CO. The van der Waals surface area contributed by atoms with E-state index < -0.39 is 6.10 Å². The maximum atomic E-state index is 12.3. The van der Waals surface area contributed by atoms with E-state index in [-0.39, 0.29) is 18.3 Å². The molecular weight excluding hydrogens is 288 g/mol. The van der Waals surface area contributed by atoms with Gasteiger partial charge in [-0.2, -0.15) is 5.10 Å². The fourth-order valence-electron chi connectivity index (χ4n) is 2.45. The molecule has 1 aromatic heterocycles. The summed E-state index contributed by atoms with van der Waals surface area (Å²) in [4.78, 5) is 24.5. The number of aromatic nitrogens is 2. The van der Waals surface area contributed by atoms with Crippen molar-refractivity contribution in [2.75, 3.05) is 33.7 Å². The molecule has 124 valence electrons. The van der Waals surface area contributed by atoms with Crippen molar-refractivity contribution in [2.45, 2.75) is 18.9 Å². The summed E-state index contributed by atoms with van der Waals surface area (Å²) in [5.74, 6) is -0.268. The van der Waals surface area contributed by atoms with Gasteiger partial charge in [0, 0.05) is 32.9 Å². The highest BCUT2D eigenvalue weighted by molar-refractivity contribution is 5.79. The number of carbonyl (C=O) groups excluding carboxylic acids is 1. The van der Waals surface area contributed by atoms with Crippen LogP contribution in [-0.2, 0) is 16.0 Å².